The standard InChI is InChI=1S/C19H15N3O/c23-19-13-17-7-4-12-21(17)22(19)18-11-10-16(14-20-18)9-8-15-5-2-1-3-6-15/h1-6,10-12,14,17H,7,13H2. The van der Waals surface area contributed by atoms with Gasteiger partial charge in [0.25, 0.3) is 0 Å². The van der Waals surface area contributed by atoms with E-state index >= 15 is 0 Å². The third kappa shape index (κ3) is 2.58. The number of hydrazine groups is 1. The Labute approximate surface area is 135 Å². The number of carbonyl (C=O) groups is 1. The Kier molecular flexibility index (Phi) is 3.32. The minimum atomic E-state index is 0.0926. The van der Waals surface area contributed by atoms with Crippen molar-refractivity contribution in [2.45, 2.75) is 18.9 Å². The molecular formula is C19H15N3O. The fraction of sp³-hybridized carbons (Fsp3) is 0.158. The first-order valence-electron chi connectivity index (χ1n) is 7.62. The van der Waals surface area contributed by atoms with Gasteiger partial charge in [0.2, 0.25) is 5.91 Å². The zero-order chi connectivity index (χ0) is 15.6. The van der Waals surface area contributed by atoms with Crippen LogP contribution < -0.4 is 5.01 Å². The van der Waals surface area contributed by atoms with E-state index in [9.17, 15) is 4.79 Å². The average molecular weight is 301 g/mol. The van der Waals surface area contributed by atoms with Gasteiger partial charge < -0.3 is 0 Å². The Balaban J connectivity index is 1.56. The normalized spacial score (nSPS) is 18.8. The number of amides is 1. The van der Waals surface area contributed by atoms with E-state index in [2.05, 4.69) is 22.9 Å². The molecule has 1 atom stereocenters. The first kappa shape index (κ1) is 13.6. The van der Waals surface area contributed by atoms with Crippen LogP contribution in [0.15, 0.2) is 60.9 Å². The summed E-state index contributed by atoms with van der Waals surface area (Å²) < 4.78 is 0. The average Bonchev–Trinajstić information content (AvgIpc) is 3.14. The molecule has 1 saturated heterocycles. The van der Waals surface area contributed by atoms with E-state index in [1.54, 1.807) is 11.2 Å². The van der Waals surface area contributed by atoms with Crippen molar-refractivity contribution in [2.75, 3.05) is 5.01 Å². The van der Waals surface area contributed by atoms with Gasteiger partial charge in [0, 0.05) is 23.5 Å². The van der Waals surface area contributed by atoms with Crippen LogP contribution in [0.25, 0.3) is 0 Å². The molecule has 0 aliphatic carbocycles. The monoisotopic (exact) mass is 301 g/mol. The molecule has 112 valence electrons. The molecule has 0 saturated carbocycles. The smallest absolute Gasteiger partial charge is 0.249 e. The summed E-state index contributed by atoms with van der Waals surface area (Å²) in [5.74, 6) is 6.94. The van der Waals surface area contributed by atoms with E-state index in [0.29, 0.717) is 12.2 Å². The molecule has 0 radical (unpaired) electrons. The van der Waals surface area contributed by atoms with Gasteiger partial charge in [-0.25, -0.2) is 9.99 Å². The van der Waals surface area contributed by atoms with Gasteiger partial charge in [-0.3, -0.25) is 9.80 Å². The second-order valence-corrected chi connectivity index (χ2v) is 5.59. The quantitative estimate of drug-likeness (QED) is 0.760. The lowest BCUT2D eigenvalue weighted by Gasteiger charge is -2.26. The van der Waals surface area contributed by atoms with Crippen molar-refractivity contribution in [3.63, 3.8) is 0 Å². The molecule has 3 heterocycles. The van der Waals surface area contributed by atoms with Crippen LogP contribution in [0.1, 0.15) is 24.0 Å². The second-order valence-electron chi connectivity index (χ2n) is 5.59. The minimum absolute atomic E-state index is 0.0926. The fourth-order valence-corrected chi connectivity index (χ4v) is 2.88. The summed E-state index contributed by atoms with van der Waals surface area (Å²) in [6.45, 7) is 0. The molecule has 1 amide bonds. The molecule has 23 heavy (non-hydrogen) atoms. The van der Waals surface area contributed by atoms with Crippen molar-refractivity contribution in [1.29, 1.82) is 0 Å². The molecule has 1 aromatic heterocycles. The molecule has 1 aromatic carbocycles. The Hall–Kier alpha value is -3.06. The highest BCUT2D eigenvalue weighted by Gasteiger charge is 2.38. The van der Waals surface area contributed by atoms with E-state index in [-0.39, 0.29) is 11.9 Å². The van der Waals surface area contributed by atoms with Crippen LogP contribution in [-0.4, -0.2) is 21.9 Å². The highest BCUT2D eigenvalue weighted by molar-refractivity contribution is 5.94. The maximum Gasteiger partial charge on any atom is 0.249 e. The van der Waals surface area contributed by atoms with Gasteiger partial charge in [-0.15, -0.1) is 0 Å². The minimum Gasteiger partial charge on any atom is -0.281 e. The number of fused-ring (bicyclic) bond motifs is 1. The van der Waals surface area contributed by atoms with Crippen LogP contribution >= 0.6 is 0 Å². The predicted octanol–water partition coefficient (Wildman–Crippen LogP) is 2.72. The molecule has 2 aliphatic rings. The maximum absolute atomic E-state index is 12.2. The van der Waals surface area contributed by atoms with Crippen LogP contribution in [0.3, 0.4) is 0 Å². The van der Waals surface area contributed by atoms with E-state index in [1.165, 1.54) is 0 Å². The molecule has 0 spiro atoms. The number of benzene rings is 1. The Bertz CT molecular complexity index is 815. The van der Waals surface area contributed by atoms with Crippen molar-refractivity contribution in [3.05, 3.63) is 72.1 Å². The summed E-state index contributed by atoms with van der Waals surface area (Å²) >= 11 is 0. The largest absolute Gasteiger partial charge is 0.281 e. The lowest BCUT2D eigenvalue weighted by atomic mass is 10.2. The third-order valence-electron chi connectivity index (χ3n) is 4.01. The fourth-order valence-electron chi connectivity index (χ4n) is 2.88. The van der Waals surface area contributed by atoms with E-state index in [4.69, 9.17) is 0 Å². The van der Waals surface area contributed by atoms with Crippen molar-refractivity contribution < 1.29 is 4.79 Å². The highest BCUT2D eigenvalue weighted by atomic mass is 16.2. The lowest BCUT2D eigenvalue weighted by Crippen LogP contribution is -2.37. The van der Waals surface area contributed by atoms with Crippen molar-refractivity contribution >= 4 is 11.7 Å². The molecule has 2 aromatic rings. The lowest BCUT2D eigenvalue weighted by molar-refractivity contribution is -0.117. The van der Waals surface area contributed by atoms with Crippen LogP contribution in [0.2, 0.25) is 0 Å². The topological polar surface area (TPSA) is 36.4 Å². The van der Waals surface area contributed by atoms with Crippen LogP contribution in [0.4, 0.5) is 5.82 Å². The van der Waals surface area contributed by atoms with Gasteiger partial charge in [-0.05, 0) is 30.7 Å². The number of hydrogen-bond donors (Lipinski definition) is 0. The molecular weight excluding hydrogens is 286 g/mol. The Morgan fingerprint density at radius 1 is 1.04 bits per heavy atom. The van der Waals surface area contributed by atoms with E-state index in [0.717, 1.165) is 17.5 Å². The zero-order valence-electron chi connectivity index (χ0n) is 12.5. The molecule has 4 heteroatoms. The SMILES string of the molecule is O=C1CC2CC=CN2N1c1ccc(C#Cc2ccccc2)cn1. The molecule has 4 nitrogen and oxygen atoms in total. The Morgan fingerprint density at radius 3 is 2.65 bits per heavy atom. The first-order valence-corrected chi connectivity index (χ1v) is 7.62. The van der Waals surface area contributed by atoms with E-state index in [1.807, 2.05) is 53.7 Å². The van der Waals surface area contributed by atoms with Crippen molar-refractivity contribution in [2.24, 2.45) is 0 Å². The van der Waals surface area contributed by atoms with Crippen molar-refractivity contribution in [1.82, 2.24) is 9.99 Å². The molecule has 1 unspecified atom stereocenters. The van der Waals surface area contributed by atoms with E-state index < -0.39 is 0 Å². The number of nitrogens with zero attached hydrogens (tertiary/aromatic N) is 3. The third-order valence-corrected chi connectivity index (χ3v) is 4.01. The van der Waals surface area contributed by atoms with Crippen molar-refractivity contribution in [3.8, 4) is 11.8 Å². The van der Waals surface area contributed by atoms with Gasteiger partial charge in [0.15, 0.2) is 5.82 Å². The molecule has 4 rings (SSSR count). The first-order chi connectivity index (χ1) is 11.3. The number of aromatic nitrogens is 1. The Morgan fingerprint density at radius 2 is 1.87 bits per heavy atom. The van der Waals surface area contributed by atoms with Gasteiger partial charge >= 0.3 is 0 Å². The summed E-state index contributed by atoms with van der Waals surface area (Å²) in [5.41, 5.74) is 1.80. The summed E-state index contributed by atoms with van der Waals surface area (Å²) in [7, 11) is 0. The summed E-state index contributed by atoms with van der Waals surface area (Å²) in [4.78, 5) is 16.6. The molecule has 0 N–H and O–H groups in total. The molecule has 0 bridgehead atoms. The van der Waals surface area contributed by atoms with Gasteiger partial charge in [-0.1, -0.05) is 36.1 Å². The molecule has 1 fully saturated rings. The second kappa shape index (κ2) is 5.62. The van der Waals surface area contributed by atoms with Crippen LogP contribution in [0.5, 0.6) is 0 Å². The zero-order valence-corrected chi connectivity index (χ0v) is 12.5. The number of hydrogen-bond acceptors (Lipinski definition) is 3. The van der Waals surface area contributed by atoms with Gasteiger partial charge in [-0.2, -0.15) is 0 Å². The molecule has 2 aliphatic heterocycles. The van der Waals surface area contributed by atoms with Crippen LogP contribution in [0, 0.1) is 11.8 Å². The number of rotatable bonds is 1. The maximum atomic E-state index is 12.2. The summed E-state index contributed by atoms with van der Waals surface area (Å²) in [6.07, 6.45) is 7.23. The predicted molar refractivity (Wildman–Crippen MR) is 88.1 cm³/mol. The van der Waals surface area contributed by atoms with Gasteiger partial charge in [0.1, 0.15) is 0 Å². The van der Waals surface area contributed by atoms with Crippen LogP contribution in [-0.2, 0) is 4.79 Å². The summed E-state index contributed by atoms with van der Waals surface area (Å²) in [6, 6.07) is 13.8. The van der Waals surface area contributed by atoms with Gasteiger partial charge in [0.05, 0.1) is 12.5 Å². The summed E-state index contributed by atoms with van der Waals surface area (Å²) in [5, 5.41) is 3.63. The highest BCUT2D eigenvalue weighted by Crippen LogP contribution is 2.31. The number of anilines is 1. The number of pyridine rings is 1. The number of carbonyl (C=O) groups excluding carboxylic acids is 1.